The van der Waals surface area contributed by atoms with Gasteiger partial charge in [0, 0.05) is 6.20 Å². The van der Waals surface area contributed by atoms with Crippen LogP contribution in [0.3, 0.4) is 0 Å². The molecule has 2 rings (SSSR count). The van der Waals surface area contributed by atoms with Crippen LogP contribution in [0.5, 0.6) is 0 Å². The Morgan fingerprint density at radius 3 is 2.86 bits per heavy atom. The van der Waals surface area contributed by atoms with Gasteiger partial charge in [0.1, 0.15) is 10.00 Å². The third-order valence-corrected chi connectivity index (χ3v) is 3.72. The molecule has 3 nitrogen and oxygen atoms in total. The quantitative estimate of drug-likeness (QED) is 0.792. The first-order valence-corrected chi connectivity index (χ1v) is 5.95. The molecule has 2 N–H and O–H groups in total. The minimum absolute atomic E-state index is 0.454. The van der Waals surface area contributed by atoms with Crippen LogP contribution in [0.25, 0.3) is 0 Å². The number of hydrogen-bond donors (Lipinski definition) is 1. The normalized spacial score (nSPS) is 17.4. The molecule has 1 fully saturated rings. The van der Waals surface area contributed by atoms with Crippen LogP contribution >= 0.6 is 23.6 Å². The highest BCUT2D eigenvalue weighted by Crippen LogP contribution is 2.17. The van der Waals surface area contributed by atoms with Gasteiger partial charge in [-0.1, -0.05) is 12.2 Å². The van der Waals surface area contributed by atoms with Crippen LogP contribution in [0.2, 0.25) is 0 Å². The first-order chi connectivity index (χ1) is 6.75. The van der Waals surface area contributed by atoms with Crippen molar-refractivity contribution >= 4 is 28.5 Å². The Morgan fingerprint density at radius 1 is 1.57 bits per heavy atom. The molecule has 0 bridgehead atoms. The Labute approximate surface area is 92.9 Å². The number of hydrogen-bond acceptors (Lipinski definition) is 4. The maximum atomic E-state index is 5.52. The Bertz CT molecular complexity index is 329. The molecule has 1 saturated heterocycles. The van der Waals surface area contributed by atoms with Gasteiger partial charge in [0.05, 0.1) is 11.4 Å². The SMILES string of the molecule is NC(=S)c1cnc(CN2CCCC2)s1. The van der Waals surface area contributed by atoms with Gasteiger partial charge in [-0.2, -0.15) is 0 Å². The van der Waals surface area contributed by atoms with E-state index in [9.17, 15) is 0 Å². The molecular weight excluding hydrogens is 214 g/mol. The third kappa shape index (κ3) is 2.29. The maximum absolute atomic E-state index is 5.52. The van der Waals surface area contributed by atoms with Crippen molar-refractivity contribution in [2.24, 2.45) is 5.73 Å². The zero-order valence-electron chi connectivity index (χ0n) is 7.90. The molecule has 1 aromatic rings. The summed E-state index contributed by atoms with van der Waals surface area (Å²) >= 11 is 6.50. The van der Waals surface area contributed by atoms with Gasteiger partial charge in [0.25, 0.3) is 0 Å². The maximum Gasteiger partial charge on any atom is 0.115 e. The van der Waals surface area contributed by atoms with Gasteiger partial charge in [-0.25, -0.2) is 4.98 Å². The van der Waals surface area contributed by atoms with Gasteiger partial charge >= 0.3 is 0 Å². The highest BCUT2D eigenvalue weighted by atomic mass is 32.1. The first kappa shape index (κ1) is 10.0. The lowest BCUT2D eigenvalue weighted by molar-refractivity contribution is 0.331. The Kier molecular flexibility index (Phi) is 3.10. The third-order valence-electron chi connectivity index (χ3n) is 2.35. The van der Waals surface area contributed by atoms with Gasteiger partial charge in [-0.3, -0.25) is 4.90 Å². The number of aromatic nitrogens is 1. The predicted octanol–water partition coefficient (Wildman–Crippen LogP) is 1.37. The van der Waals surface area contributed by atoms with Gasteiger partial charge in [-0.15, -0.1) is 11.3 Å². The summed E-state index contributed by atoms with van der Waals surface area (Å²) in [6, 6.07) is 0. The largest absolute Gasteiger partial charge is 0.389 e. The summed E-state index contributed by atoms with van der Waals surface area (Å²) < 4.78 is 0. The molecule has 0 amide bonds. The van der Waals surface area contributed by atoms with Crippen LogP contribution in [0.15, 0.2) is 6.20 Å². The monoisotopic (exact) mass is 227 g/mol. The average molecular weight is 227 g/mol. The van der Waals surface area contributed by atoms with Crippen molar-refractivity contribution < 1.29 is 0 Å². The summed E-state index contributed by atoms with van der Waals surface area (Å²) in [6.07, 6.45) is 4.40. The second-order valence-electron chi connectivity index (χ2n) is 3.47. The summed E-state index contributed by atoms with van der Waals surface area (Å²) in [4.78, 5) is 8.11. The van der Waals surface area contributed by atoms with Crippen molar-refractivity contribution in [2.45, 2.75) is 19.4 Å². The lowest BCUT2D eigenvalue weighted by Gasteiger charge is -2.11. The number of thiazole rings is 1. The lowest BCUT2D eigenvalue weighted by Crippen LogP contribution is -2.18. The Morgan fingerprint density at radius 2 is 2.29 bits per heavy atom. The van der Waals surface area contributed by atoms with E-state index in [1.165, 1.54) is 25.9 Å². The van der Waals surface area contributed by atoms with Crippen LogP contribution in [-0.2, 0) is 6.54 Å². The zero-order chi connectivity index (χ0) is 9.97. The van der Waals surface area contributed by atoms with Crippen LogP contribution in [0.1, 0.15) is 22.7 Å². The van der Waals surface area contributed by atoms with E-state index < -0.39 is 0 Å². The number of likely N-dealkylation sites (tertiary alicyclic amines) is 1. The molecule has 2 heterocycles. The van der Waals surface area contributed by atoms with E-state index in [-0.39, 0.29) is 0 Å². The fourth-order valence-corrected chi connectivity index (χ4v) is 2.62. The first-order valence-electron chi connectivity index (χ1n) is 4.72. The van der Waals surface area contributed by atoms with Gasteiger partial charge < -0.3 is 5.73 Å². The Balaban J connectivity index is 1.98. The van der Waals surface area contributed by atoms with Crippen molar-refractivity contribution in [1.29, 1.82) is 0 Å². The van der Waals surface area contributed by atoms with Crippen molar-refractivity contribution in [3.8, 4) is 0 Å². The van der Waals surface area contributed by atoms with Crippen molar-refractivity contribution in [3.05, 3.63) is 16.1 Å². The van der Waals surface area contributed by atoms with Crippen LogP contribution < -0.4 is 5.73 Å². The highest BCUT2D eigenvalue weighted by molar-refractivity contribution is 7.81. The van der Waals surface area contributed by atoms with Gasteiger partial charge in [0.2, 0.25) is 0 Å². The van der Waals surface area contributed by atoms with E-state index in [1.807, 2.05) is 0 Å². The Hall–Kier alpha value is -0.520. The number of nitrogens with zero attached hydrogens (tertiary/aromatic N) is 2. The number of rotatable bonds is 3. The van der Waals surface area contributed by atoms with Crippen LogP contribution in [0, 0.1) is 0 Å². The predicted molar refractivity (Wildman–Crippen MR) is 62.5 cm³/mol. The second-order valence-corrected chi connectivity index (χ2v) is 5.02. The minimum Gasteiger partial charge on any atom is -0.389 e. The molecule has 1 aliphatic rings. The number of thiocarbonyl (C=S) groups is 1. The van der Waals surface area contributed by atoms with E-state index in [1.54, 1.807) is 17.5 Å². The van der Waals surface area contributed by atoms with Crippen LogP contribution in [-0.4, -0.2) is 28.0 Å². The minimum atomic E-state index is 0.454. The summed E-state index contributed by atoms with van der Waals surface area (Å²) in [5, 5.41) is 1.12. The van der Waals surface area contributed by atoms with Crippen molar-refractivity contribution in [3.63, 3.8) is 0 Å². The molecule has 0 radical (unpaired) electrons. The van der Waals surface area contributed by atoms with Crippen LogP contribution in [0.4, 0.5) is 0 Å². The molecule has 1 aromatic heterocycles. The molecule has 1 aliphatic heterocycles. The molecule has 0 spiro atoms. The molecule has 14 heavy (non-hydrogen) atoms. The molecular formula is C9H13N3S2. The van der Waals surface area contributed by atoms with Gasteiger partial charge in [-0.05, 0) is 25.9 Å². The fraction of sp³-hybridized carbons (Fsp3) is 0.556. The highest BCUT2D eigenvalue weighted by Gasteiger charge is 2.13. The topological polar surface area (TPSA) is 42.1 Å². The molecule has 5 heteroatoms. The van der Waals surface area contributed by atoms with Crippen molar-refractivity contribution in [2.75, 3.05) is 13.1 Å². The molecule has 0 aliphatic carbocycles. The fourth-order valence-electron chi connectivity index (χ4n) is 1.63. The molecule has 0 atom stereocenters. The number of nitrogens with two attached hydrogens (primary N) is 1. The standard InChI is InChI=1S/C9H13N3S2/c10-9(13)7-5-11-8(14-7)6-12-3-1-2-4-12/h5H,1-4,6H2,(H2,10,13). The van der Waals surface area contributed by atoms with E-state index in [0.717, 1.165) is 16.4 Å². The van der Waals surface area contributed by atoms with E-state index in [2.05, 4.69) is 9.88 Å². The molecule has 0 unspecified atom stereocenters. The molecule has 0 saturated carbocycles. The van der Waals surface area contributed by atoms with Gasteiger partial charge in [0.15, 0.2) is 0 Å². The second kappa shape index (κ2) is 4.33. The van der Waals surface area contributed by atoms with Crippen molar-refractivity contribution in [1.82, 2.24) is 9.88 Å². The molecule has 0 aromatic carbocycles. The average Bonchev–Trinajstić information content (AvgIpc) is 2.75. The lowest BCUT2D eigenvalue weighted by atomic mass is 10.4. The van der Waals surface area contributed by atoms with E-state index in [4.69, 9.17) is 18.0 Å². The smallest absolute Gasteiger partial charge is 0.115 e. The summed E-state index contributed by atoms with van der Waals surface area (Å²) in [5.74, 6) is 0. The van der Waals surface area contributed by atoms with E-state index >= 15 is 0 Å². The van der Waals surface area contributed by atoms with E-state index in [0.29, 0.717) is 4.99 Å². The summed E-state index contributed by atoms with van der Waals surface area (Å²) in [7, 11) is 0. The zero-order valence-corrected chi connectivity index (χ0v) is 9.53. The summed E-state index contributed by atoms with van der Waals surface area (Å²) in [5.41, 5.74) is 5.52. The molecule has 76 valence electrons. The summed E-state index contributed by atoms with van der Waals surface area (Å²) in [6.45, 7) is 3.34.